The quantitative estimate of drug-likeness (QED) is 0.819. The van der Waals surface area contributed by atoms with E-state index in [-0.39, 0.29) is 17.8 Å². The highest BCUT2D eigenvalue weighted by Crippen LogP contribution is 2.08. The van der Waals surface area contributed by atoms with Gasteiger partial charge >= 0.3 is 5.69 Å². The van der Waals surface area contributed by atoms with Crippen molar-refractivity contribution in [2.24, 2.45) is 7.05 Å². The summed E-state index contributed by atoms with van der Waals surface area (Å²) in [6, 6.07) is 9.03. The fourth-order valence-corrected chi connectivity index (χ4v) is 2.10. The van der Waals surface area contributed by atoms with E-state index in [0.29, 0.717) is 22.4 Å². The molecule has 1 heterocycles. The first-order valence-corrected chi connectivity index (χ1v) is 6.22. The van der Waals surface area contributed by atoms with Crippen LogP contribution >= 0.6 is 0 Å². The average molecular weight is 269 g/mol. The van der Waals surface area contributed by atoms with Crippen LogP contribution in [0.1, 0.15) is 22.4 Å². The molecule has 0 fully saturated rings. The Morgan fingerprint density at radius 1 is 1.20 bits per heavy atom. The van der Waals surface area contributed by atoms with Crippen LogP contribution in [0.3, 0.4) is 0 Å². The van der Waals surface area contributed by atoms with Gasteiger partial charge in [-0.1, -0.05) is 18.2 Å². The van der Waals surface area contributed by atoms with E-state index in [1.165, 1.54) is 9.13 Å². The van der Waals surface area contributed by atoms with Crippen LogP contribution in [0.25, 0.3) is 0 Å². The minimum atomic E-state index is -0.370. The summed E-state index contributed by atoms with van der Waals surface area (Å²) in [4.78, 5) is 24.4. The minimum Gasteiger partial charge on any atom is -0.301 e. The first-order valence-electron chi connectivity index (χ1n) is 6.22. The van der Waals surface area contributed by atoms with Crippen molar-refractivity contribution in [3.63, 3.8) is 0 Å². The standard InChI is InChI=1S/C15H15N3O2/c1-10-11(2)17(3)15(20)18(14(10)19)9-13-7-5-4-6-12(13)8-16/h4-7H,9H2,1-3H3. The fraction of sp³-hybridized carbons (Fsp3) is 0.267. The van der Waals surface area contributed by atoms with Gasteiger partial charge in [0.1, 0.15) is 0 Å². The van der Waals surface area contributed by atoms with Crippen molar-refractivity contribution in [1.29, 1.82) is 5.26 Å². The maximum Gasteiger partial charge on any atom is 0.331 e. The van der Waals surface area contributed by atoms with E-state index in [0.717, 1.165) is 0 Å². The van der Waals surface area contributed by atoms with Crippen molar-refractivity contribution < 1.29 is 0 Å². The summed E-state index contributed by atoms with van der Waals surface area (Å²) >= 11 is 0. The van der Waals surface area contributed by atoms with Crippen LogP contribution in [0, 0.1) is 25.2 Å². The lowest BCUT2D eigenvalue weighted by Crippen LogP contribution is -2.41. The zero-order valence-corrected chi connectivity index (χ0v) is 11.7. The number of hydrogen-bond donors (Lipinski definition) is 0. The molecular formula is C15H15N3O2. The van der Waals surface area contributed by atoms with Crippen LogP contribution in [0.2, 0.25) is 0 Å². The summed E-state index contributed by atoms with van der Waals surface area (Å²) in [5.41, 5.74) is 1.66. The molecule has 0 saturated carbocycles. The van der Waals surface area contributed by atoms with E-state index < -0.39 is 0 Å². The maximum absolute atomic E-state index is 12.2. The molecule has 2 aromatic rings. The van der Waals surface area contributed by atoms with Crippen LogP contribution in [0.4, 0.5) is 0 Å². The average Bonchev–Trinajstić information content (AvgIpc) is 2.48. The van der Waals surface area contributed by atoms with Gasteiger partial charge in [0.15, 0.2) is 0 Å². The highest BCUT2D eigenvalue weighted by atomic mass is 16.2. The fourth-order valence-electron chi connectivity index (χ4n) is 2.10. The van der Waals surface area contributed by atoms with Crippen molar-refractivity contribution in [1.82, 2.24) is 9.13 Å². The zero-order chi connectivity index (χ0) is 14.9. The van der Waals surface area contributed by atoms with Crippen LogP contribution in [-0.4, -0.2) is 9.13 Å². The van der Waals surface area contributed by atoms with Crippen LogP contribution in [0.15, 0.2) is 33.9 Å². The van der Waals surface area contributed by atoms with Gasteiger partial charge in [-0.05, 0) is 25.5 Å². The molecule has 0 N–H and O–H groups in total. The Labute approximate surface area is 116 Å². The van der Waals surface area contributed by atoms with Gasteiger partial charge in [-0.25, -0.2) is 4.79 Å². The molecule has 5 heteroatoms. The predicted octanol–water partition coefficient (Wildman–Crippen LogP) is 1.08. The highest BCUT2D eigenvalue weighted by molar-refractivity contribution is 5.37. The third-order valence-electron chi connectivity index (χ3n) is 3.60. The number of benzene rings is 1. The first-order chi connectivity index (χ1) is 9.47. The van der Waals surface area contributed by atoms with E-state index in [4.69, 9.17) is 5.26 Å². The normalized spacial score (nSPS) is 10.3. The second-order valence-corrected chi connectivity index (χ2v) is 4.71. The molecule has 0 aliphatic rings. The second kappa shape index (κ2) is 5.17. The molecule has 1 aromatic heterocycles. The SMILES string of the molecule is Cc1c(C)n(C)c(=O)n(Cc2ccccc2C#N)c1=O. The van der Waals surface area contributed by atoms with Gasteiger partial charge in [-0.3, -0.25) is 9.36 Å². The Balaban J connectivity index is 2.65. The van der Waals surface area contributed by atoms with Crippen molar-refractivity contribution in [3.05, 3.63) is 67.5 Å². The Morgan fingerprint density at radius 3 is 2.50 bits per heavy atom. The van der Waals surface area contributed by atoms with E-state index in [1.54, 1.807) is 45.2 Å². The molecule has 0 aliphatic carbocycles. The van der Waals surface area contributed by atoms with Crippen molar-refractivity contribution in [3.8, 4) is 6.07 Å². The molecule has 0 aliphatic heterocycles. The molecule has 1 aromatic carbocycles. The van der Waals surface area contributed by atoms with Gasteiger partial charge in [0.2, 0.25) is 0 Å². The summed E-state index contributed by atoms with van der Waals surface area (Å²) < 4.78 is 2.62. The minimum absolute atomic E-state index is 0.107. The van der Waals surface area contributed by atoms with Gasteiger partial charge in [0, 0.05) is 18.3 Å². The molecule has 2 rings (SSSR count). The largest absolute Gasteiger partial charge is 0.331 e. The van der Waals surface area contributed by atoms with Crippen LogP contribution in [0.5, 0.6) is 0 Å². The van der Waals surface area contributed by atoms with Gasteiger partial charge in [-0.15, -0.1) is 0 Å². The monoisotopic (exact) mass is 269 g/mol. The summed E-state index contributed by atoms with van der Waals surface area (Å²) in [6.45, 7) is 3.55. The molecule has 0 unspecified atom stereocenters. The molecule has 0 amide bonds. The lowest BCUT2D eigenvalue weighted by molar-refractivity contribution is 0.618. The van der Waals surface area contributed by atoms with Gasteiger partial charge in [0.25, 0.3) is 5.56 Å². The smallest absolute Gasteiger partial charge is 0.301 e. The van der Waals surface area contributed by atoms with E-state index >= 15 is 0 Å². The van der Waals surface area contributed by atoms with Crippen molar-refractivity contribution >= 4 is 0 Å². The third kappa shape index (κ3) is 2.16. The molecule has 0 bridgehead atoms. The lowest BCUT2D eigenvalue weighted by Gasteiger charge is -2.12. The topological polar surface area (TPSA) is 67.8 Å². The van der Waals surface area contributed by atoms with Gasteiger partial charge in [0.05, 0.1) is 18.2 Å². The second-order valence-electron chi connectivity index (χ2n) is 4.71. The summed E-state index contributed by atoms with van der Waals surface area (Å²) in [7, 11) is 1.64. The first kappa shape index (κ1) is 13.8. The number of aromatic nitrogens is 2. The molecule has 0 radical (unpaired) electrons. The van der Waals surface area contributed by atoms with Crippen LogP contribution in [-0.2, 0) is 13.6 Å². The van der Waals surface area contributed by atoms with E-state index in [2.05, 4.69) is 6.07 Å². The Kier molecular flexibility index (Phi) is 3.57. The summed E-state index contributed by atoms with van der Waals surface area (Å²) in [6.07, 6.45) is 0. The summed E-state index contributed by atoms with van der Waals surface area (Å²) in [5.74, 6) is 0. The Morgan fingerprint density at radius 2 is 1.85 bits per heavy atom. The van der Waals surface area contributed by atoms with Gasteiger partial charge in [-0.2, -0.15) is 5.26 Å². The molecular weight excluding hydrogens is 254 g/mol. The number of rotatable bonds is 2. The maximum atomic E-state index is 12.2. The molecule has 5 nitrogen and oxygen atoms in total. The number of hydrogen-bond acceptors (Lipinski definition) is 3. The van der Waals surface area contributed by atoms with Crippen molar-refractivity contribution in [2.45, 2.75) is 20.4 Å². The van der Waals surface area contributed by atoms with Crippen LogP contribution < -0.4 is 11.2 Å². The molecule has 0 atom stereocenters. The Bertz CT molecular complexity index is 785. The molecule has 0 saturated heterocycles. The van der Waals surface area contributed by atoms with E-state index in [9.17, 15) is 9.59 Å². The lowest BCUT2D eigenvalue weighted by atomic mass is 10.1. The van der Waals surface area contributed by atoms with E-state index in [1.807, 2.05) is 0 Å². The number of nitrogens with zero attached hydrogens (tertiary/aromatic N) is 3. The zero-order valence-electron chi connectivity index (χ0n) is 11.7. The molecule has 102 valence electrons. The molecule has 20 heavy (non-hydrogen) atoms. The van der Waals surface area contributed by atoms with Crippen molar-refractivity contribution in [2.75, 3.05) is 0 Å². The third-order valence-corrected chi connectivity index (χ3v) is 3.60. The number of nitriles is 1. The summed E-state index contributed by atoms with van der Waals surface area (Å²) in [5, 5.41) is 9.07. The van der Waals surface area contributed by atoms with Gasteiger partial charge < -0.3 is 4.57 Å². The Hall–Kier alpha value is -2.61. The highest BCUT2D eigenvalue weighted by Gasteiger charge is 2.12. The molecule has 0 spiro atoms. The predicted molar refractivity (Wildman–Crippen MR) is 75.7 cm³/mol.